The summed E-state index contributed by atoms with van der Waals surface area (Å²) in [5.41, 5.74) is 2.11. The number of nitrogens with zero attached hydrogens (tertiary/aromatic N) is 1. The Morgan fingerprint density at radius 3 is 2.96 bits per heavy atom. The topological polar surface area (TPSA) is 84.2 Å². The van der Waals surface area contributed by atoms with E-state index < -0.39 is 0 Å². The predicted octanol–water partition coefficient (Wildman–Crippen LogP) is 3.61. The molecule has 3 rings (SSSR count). The van der Waals surface area contributed by atoms with Gasteiger partial charge in [0.05, 0.1) is 16.5 Å². The number of anilines is 1. The predicted molar refractivity (Wildman–Crippen MR) is 103 cm³/mol. The van der Waals surface area contributed by atoms with Gasteiger partial charge in [0.1, 0.15) is 5.76 Å². The second-order valence-corrected chi connectivity index (χ2v) is 6.64. The van der Waals surface area contributed by atoms with Crippen molar-refractivity contribution in [3.05, 3.63) is 54.0 Å². The Morgan fingerprint density at radius 1 is 1.31 bits per heavy atom. The molecule has 0 radical (unpaired) electrons. The number of hydrogen-bond donors (Lipinski definition) is 2. The maximum absolute atomic E-state index is 12.0. The summed E-state index contributed by atoms with van der Waals surface area (Å²) in [7, 11) is 0. The summed E-state index contributed by atoms with van der Waals surface area (Å²) in [5, 5.41) is 6.01. The average molecular weight is 369 g/mol. The van der Waals surface area contributed by atoms with E-state index in [-0.39, 0.29) is 24.8 Å². The summed E-state index contributed by atoms with van der Waals surface area (Å²) in [6, 6.07) is 9.59. The molecule has 0 saturated carbocycles. The number of hydrogen-bond acceptors (Lipinski definition) is 5. The number of nitrogens with one attached hydrogen (secondary N) is 2. The summed E-state index contributed by atoms with van der Waals surface area (Å²) in [4.78, 5) is 28.1. The zero-order valence-electron chi connectivity index (χ0n) is 14.3. The molecule has 2 N–H and O–H groups in total. The Morgan fingerprint density at radius 2 is 2.19 bits per heavy atom. The van der Waals surface area contributed by atoms with E-state index in [1.165, 1.54) is 29.2 Å². The minimum absolute atomic E-state index is 0.177. The first-order valence-corrected chi connectivity index (χ1v) is 9.14. The monoisotopic (exact) mass is 369 g/mol. The first kappa shape index (κ1) is 17.9. The third-order valence-electron chi connectivity index (χ3n) is 3.70. The van der Waals surface area contributed by atoms with Crippen LogP contribution in [-0.2, 0) is 16.0 Å². The second kappa shape index (κ2) is 8.44. The largest absolute Gasteiger partial charge is 0.465 e. The van der Waals surface area contributed by atoms with Crippen LogP contribution in [0.15, 0.2) is 47.1 Å². The Bertz CT molecular complexity index is 929. The van der Waals surface area contributed by atoms with Gasteiger partial charge in [0.2, 0.25) is 11.8 Å². The van der Waals surface area contributed by atoms with Crippen molar-refractivity contribution in [2.45, 2.75) is 19.8 Å². The van der Waals surface area contributed by atoms with E-state index in [0.29, 0.717) is 10.9 Å². The number of rotatable bonds is 7. The van der Waals surface area contributed by atoms with Gasteiger partial charge in [0.15, 0.2) is 5.13 Å². The molecule has 3 aromatic rings. The first-order chi connectivity index (χ1) is 12.6. The van der Waals surface area contributed by atoms with Crippen LogP contribution in [0.4, 0.5) is 5.13 Å². The molecule has 2 heterocycles. The fourth-order valence-electron chi connectivity index (χ4n) is 2.33. The number of aryl methyl sites for hydroxylation is 1. The molecule has 2 amide bonds. The van der Waals surface area contributed by atoms with Crippen molar-refractivity contribution in [2.24, 2.45) is 0 Å². The number of aromatic nitrogens is 1. The van der Waals surface area contributed by atoms with E-state index in [9.17, 15) is 9.59 Å². The van der Waals surface area contributed by atoms with Gasteiger partial charge in [-0.15, -0.1) is 0 Å². The van der Waals surface area contributed by atoms with E-state index in [0.717, 1.165) is 16.6 Å². The van der Waals surface area contributed by atoms with Gasteiger partial charge < -0.3 is 15.1 Å². The number of fused-ring (bicyclic) bond motifs is 1. The molecule has 134 valence electrons. The van der Waals surface area contributed by atoms with Crippen molar-refractivity contribution < 1.29 is 14.0 Å². The van der Waals surface area contributed by atoms with Crippen LogP contribution in [0.2, 0.25) is 0 Å². The van der Waals surface area contributed by atoms with Crippen LogP contribution in [0.3, 0.4) is 0 Å². The normalized spacial score (nSPS) is 11.1. The molecular formula is C19H19N3O3S. The van der Waals surface area contributed by atoms with Crippen LogP contribution < -0.4 is 10.6 Å². The molecule has 1 aromatic carbocycles. The van der Waals surface area contributed by atoms with E-state index >= 15 is 0 Å². The van der Waals surface area contributed by atoms with E-state index in [4.69, 9.17) is 4.42 Å². The smallest absolute Gasteiger partial charge is 0.244 e. The lowest BCUT2D eigenvalue weighted by Gasteiger charge is -2.02. The minimum Gasteiger partial charge on any atom is -0.465 e. The molecule has 0 spiro atoms. The molecule has 6 nitrogen and oxygen atoms in total. The number of benzene rings is 1. The molecule has 0 atom stereocenters. The molecule has 0 bridgehead atoms. The summed E-state index contributed by atoms with van der Waals surface area (Å²) in [6.07, 6.45) is 5.61. The van der Waals surface area contributed by atoms with E-state index in [1.807, 2.05) is 12.1 Å². The molecule has 0 aliphatic rings. The molecule has 2 aromatic heterocycles. The zero-order chi connectivity index (χ0) is 18.4. The Labute approximate surface area is 154 Å². The maximum atomic E-state index is 12.0. The van der Waals surface area contributed by atoms with Gasteiger partial charge in [-0.25, -0.2) is 4.98 Å². The number of carbonyl (C=O) groups is 2. The van der Waals surface area contributed by atoms with Crippen molar-refractivity contribution in [1.29, 1.82) is 0 Å². The van der Waals surface area contributed by atoms with Crippen molar-refractivity contribution in [2.75, 3.05) is 11.9 Å². The van der Waals surface area contributed by atoms with Crippen LogP contribution >= 0.6 is 11.3 Å². The molecule has 0 unspecified atom stereocenters. The van der Waals surface area contributed by atoms with Gasteiger partial charge in [-0.05, 0) is 42.3 Å². The zero-order valence-corrected chi connectivity index (χ0v) is 15.1. The Kier molecular flexibility index (Phi) is 5.80. The fourth-order valence-corrected chi connectivity index (χ4v) is 3.27. The maximum Gasteiger partial charge on any atom is 0.244 e. The van der Waals surface area contributed by atoms with Crippen molar-refractivity contribution in [3.8, 4) is 0 Å². The lowest BCUT2D eigenvalue weighted by molar-refractivity contribution is -0.117. The van der Waals surface area contributed by atoms with Crippen LogP contribution in [0.5, 0.6) is 0 Å². The molecule has 7 heteroatoms. The van der Waals surface area contributed by atoms with Crippen molar-refractivity contribution >= 4 is 44.6 Å². The quantitative estimate of drug-likeness (QED) is 0.623. The highest BCUT2D eigenvalue weighted by molar-refractivity contribution is 7.22. The summed E-state index contributed by atoms with van der Waals surface area (Å²) in [6.45, 7) is 2.35. The minimum atomic E-state index is -0.277. The number of carbonyl (C=O) groups excluding carboxylic acids is 2. The van der Waals surface area contributed by atoms with Crippen molar-refractivity contribution in [3.63, 3.8) is 0 Å². The number of amides is 2. The van der Waals surface area contributed by atoms with Crippen LogP contribution in [0.1, 0.15) is 24.7 Å². The standard InChI is InChI=1S/C19H19N3O3S/c1-2-13-5-7-15-16(12-13)26-19(21-15)22-18(24)9-10-20-17(23)8-6-14-4-3-11-25-14/h3-8,11-12H,2,9-10H2,1H3,(H,20,23)(H,21,22,24)/b8-6+. The highest BCUT2D eigenvalue weighted by Gasteiger charge is 2.08. The molecule has 0 fully saturated rings. The molecule has 26 heavy (non-hydrogen) atoms. The third-order valence-corrected chi connectivity index (χ3v) is 4.63. The summed E-state index contributed by atoms with van der Waals surface area (Å²) in [5.74, 6) is 0.135. The lowest BCUT2D eigenvalue weighted by atomic mass is 10.2. The third kappa shape index (κ3) is 4.80. The summed E-state index contributed by atoms with van der Waals surface area (Å²) >= 11 is 1.45. The molecule has 0 aliphatic carbocycles. The lowest BCUT2D eigenvalue weighted by Crippen LogP contribution is -2.26. The van der Waals surface area contributed by atoms with Crippen molar-refractivity contribution in [1.82, 2.24) is 10.3 Å². The Balaban J connectivity index is 1.46. The fraction of sp³-hybridized carbons (Fsp3) is 0.211. The Hall–Kier alpha value is -2.93. The SMILES string of the molecule is CCc1ccc2nc(NC(=O)CCNC(=O)/C=C/c3ccco3)sc2c1. The number of thiazole rings is 1. The second-order valence-electron chi connectivity index (χ2n) is 5.61. The molecular weight excluding hydrogens is 350 g/mol. The van der Waals surface area contributed by atoms with E-state index in [2.05, 4.69) is 28.6 Å². The molecule has 0 saturated heterocycles. The summed E-state index contributed by atoms with van der Waals surface area (Å²) < 4.78 is 6.15. The van der Waals surface area contributed by atoms with Gasteiger partial charge in [0, 0.05) is 19.0 Å². The van der Waals surface area contributed by atoms with Crippen LogP contribution in [-0.4, -0.2) is 23.3 Å². The van der Waals surface area contributed by atoms with Crippen LogP contribution in [0, 0.1) is 0 Å². The van der Waals surface area contributed by atoms with Gasteiger partial charge in [0.25, 0.3) is 0 Å². The van der Waals surface area contributed by atoms with Gasteiger partial charge >= 0.3 is 0 Å². The van der Waals surface area contributed by atoms with Gasteiger partial charge in [-0.2, -0.15) is 0 Å². The highest BCUT2D eigenvalue weighted by atomic mass is 32.1. The van der Waals surface area contributed by atoms with Gasteiger partial charge in [-0.3, -0.25) is 9.59 Å². The first-order valence-electron chi connectivity index (χ1n) is 8.33. The number of furan rings is 1. The van der Waals surface area contributed by atoms with Crippen LogP contribution in [0.25, 0.3) is 16.3 Å². The van der Waals surface area contributed by atoms with Gasteiger partial charge in [-0.1, -0.05) is 24.3 Å². The highest BCUT2D eigenvalue weighted by Crippen LogP contribution is 2.27. The average Bonchev–Trinajstić information content (AvgIpc) is 3.28. The van der Waals surface area contributed by atoms with E-state index in [1.54, 1.807) is 18.2 Å². The molecule has 0 aliphatic heterocycles.